The van der Waals surface area contributed by atoms with Crippen LogP contribution in [0.2, 0.25) is 0 Å². The predicted molar refractivity (Wildman–Crippen MR) is 124 cm³/mol. The fourth-order valence-corrected chi connectivity index (χ4v) is 4.66. The van der Waals surface area contributed by atoms with Gasteiger partial charge in [0.2, 0.25) is 0 Å². The molecule has 3 rings (SSSR count). The summed E-state index contributed by atoms with van der Waals surface area (Å²) in [6.45, 7) is 1.63. The lowest BCUT2D eigenvalue weighted by Crippen LogP contribution is -2.45. The van der Waals surface area contributed by atoms with Crippen LogP contribution >= 0.6 is 0 Å². The zero-order valence-corrected chi connectivity index (χ0v) is 19.2. The van der Waals surface area contributed by atoms with E-state index in [4.69, 9.17) is 10.8 Å². The Balaban J connectivity index is 2.29. The van der Waals surface area contributed by atoms with Crippen LogP contribution in [0.3, 0.4) is 0 Å². The quantitative estimate of drug-likeness (QED) is 0.350. The average Bonchev–Trinajstić information content (AvgIpc) is 3.11. The molecule has 7 nitrogen and oxygen atoms in total. The third kappa shape index (κ3) is 5.00. The summed E-state index contributed by atoms with van der Waals surface area (Å²) in [6.07, 6.45) is 1.98. The molecule has 176 valence electrons. The molecule has 9 heteroatoms. The highest BCUT2D eigenvalue weighted by atomic mass is 32.2. The molecule has 3 aromatic rings. The second-order valence-corrected chi connectivity index (χ2v) is 10.2. The number of aliphatic hydroxyl groups is 1. The summed E-state index contributed by atoms with van der Waals surface area (Å²) in [5, 5.41) is 19.3. The Morgan fingerprint density at radius 1 is 1.06 bits per heavy atom. The first-order chi connectivity index (χ1) is 15.5. The van der Waals surface area contributed by atoms with Crippen LogP contribution in [0.25, 0.3) is 22.4 Å². The first kappa shape index (κ1) is 24.6. The minimum Gasteiger partial charge on any atom is -0.480 e. The normalized spacial score (nSPS) is 13.6. The number of aliphatic hydroxyl groups excluding tert-OH is 1. The number of nitrogens with one attached hydrogen (secondary N) is 1. The molecule has 2 aromatic carbocycles. The first-order valence-corrected chi connectivity index (χ1v) is 12.3. The predicted octanol–water partition coefficient (Wildman–Crippen LogP) is 3.60. The third-order valence-corrected chi connectivity index (χ3v) is 6.83. The number of sulfone groups is 1. The molecule has 0 saturated heterocycles. The number of unbranched alkanes of at least 4 members (excludes halogenated alkanes) is 1. The van der Waals surface area contributed by atoms with E-state index < -0.39 is 27.2 Å². The van der Waals surface area contributed by atoms with E-state index in [2.05, 4.69) is 4.98 Å². The van der Waals surface area contributed by atoms with E-state index in [1.54, 1.807) is 31.2 Å². The van der Waals surface area contributed by atoms with Gasteiger partial charge < -0.3 is 20.9 Å². The lowest BCUT2D eigenvalue weighted by molar-refractivity contribution is -0.144. The van der Waals surface area contributed by atoms with Gasteiger partial charge in [-0.3, -0.25) is 0 Å². The number of hydrogen-bond acceptors (Lipinski definition) is 5. The van der Waals surface area contributed by atoms with Gasteiger partial charge in [-0.1, -0.05) is 12.1 Å². The molecule has 1 heterocycles. The van der Waals surface area contributed by atoms with E-state index in [0.717, 1.165) is 6.26 Å². The number of halogens is 1. The molecule has 0 aliphatic heterocycles. The SMILES string of the molecule is Cc1[nH]c(-c2ccc(F)cc2)c(-c2ccc(S(C)(=O)=O)cc2)c1[C@](N)(CCCCO)C(=O)O. The van der Waals surface area contributed by atoms with Crippen molar-refractivity contribution < 1.29 is 27.8 Å². The Morgan fingerprint density at radius 3 is 2.15 bits per heavy atom. The molecule has 1 atom stereocenters. The molecule has 1 aromatic heterocycles. The number of aryl methyl sites for hydroxylation is 1. The maximum Gasteiger partial charge on any atom is 0.328 e. The van der Waals surface area contributed by atoms with Gasteiger partial charge in [-0.25, -0.2) is 17.6 Å². The summed E-state index contributed by atoms with van der Waals surface area (Å²) < 4.78 is 37.4. The number of hydrogen-bond donors (Lipinski definition) is 4. The van der Waals surface area contributed by atoms with Crippen molar-refractivity contribution in [1.29, 1.82) is 0 Å². The van der Waals surface area contributed by atoms with Gasteiger partial charge in [-0.15, -0.1) is 0 Å². The number of H-pyrrole nitrogens is 1. The second kappa shape index (κ2) is 9.46. The van der Waals surface area contributed by atoms with Crippen LogP contribution in [0.15, 0.2) is 53.4 Å². The highest BCUT2D eigenvalue weighted by Gasteiger charge is 2.41. The van der Waals surface area contributed by atoms with Crippen LogP contribution in [0.4, 0.5) is 4.39 Å². The van der Waals surface area contributed by atoms with Crippen molar-refractivity contribution >= 4 is 15.8 Å². The number of carbonyl (C=O) groups is 1. The molecule has 0 fully saturated rings. The molecule has 0 radical (unpaired) electrons. The number of carboxylic acids is 1. The number of carboxylic acid groups (broad SMARTS) is 1. The maximum atomic E-state index is 13.5. The minimum atomic E-state index is -3.42. The molecule has 0 amide bonds. The monoisotopic (exact) mass is 474 g/mol. The van der Waals surface area contributed by atoms with E-state index in [0.29, 0.717) is 46.5 Å². The first-order valence-electron chi connectivity index (χ1n) is 10.4. The summed E-state index contributed by atoms with van der Waals surface area (Å²) in [7, 11) is -3.42. The topological polar surface area (TPSA) is 133 Å². The Bertz CT molecular complexity index is 1250. The third-order valence-electron chi connectivity index (χ3n) is 5.70. The average molecular weight is 475 g/mol. The minimum absolute atomic E-state index is 0.0809. The summed E-state index contributed by atoms with van der Waals surface area (Å²) in [6, 6.07) is 11.9. The van der Waals surface area contributed by atoms with Gasteiger partial charge in [0.05, 0.1) is 10.6 Å². The van der Waals surface area contributed by atoms with Crippen LogP contribution < -0.4 is 5.73 Å². The van der Waals surface area contributed by atoms with E-state index in [9.17, 15) is 22.7 Å². The summed E-state index contributed by atoms with van der Waals surface area (Å²) in [4.78, 5) is 15.7. The van der Waals surface area contributed by atoms with Crippen molar-refractivity contribution in [3.63, 3.8) is 0 Å². The summed E-state index contributed by atoms with van der Waals surface area (Å²) >= 11 is 0. The van der Waals surface area contributed by atoms with Gasteiger partial charge in [0.1, 0.15) is 11.4 Å². The van der Waals surface area contributed by atoms with Crippen LogP contribution in [-0.4, -0.2) is 42.4 Å². The molecule has 5 N–H and O–H groups in total. The van der Waals surface area contributed by atoms with Crippen LogP contribution in [-0.2, 0) is 20.2 Å². The van der Waals surface area contributed by atoms with Gasteiger partial charge in [0.15, 0.2) is 9.84 Å². The maximum absolute atomic E-state index is 13.5. The fourth-order valence-electron chi connectivity index (χ4n) is 4.03. The second-order valence-electron chi connectivity index (χ2n) is 8.14. The number of nitrogens with two attached hydrogens (primary N) is 1. The van der Waals surface area contributed by atoms with Crippen molar-refractivity contribution in [1.82, 2.24) is 4.98 Å². The van der Waals surface area contributed by atoms with Gasteiger partial charge in [-0.2, -0.15) is 0 Å². The molecular weight excluding hydrogens is 447 g/mol. The number of aliphatic carboxylic acids is 1. The molecule has 33 heavy (non-hydrogen) atoms. The number of rotatable bonds is 9. The zero-order valence-electron chi connectivity index (χ0n) is 18.4. The number of aromatic amines is 1. The molecular formula is C24H27FN2O5S. The van der Waals surface area contributed by atoms with Crippen molar-refractivity contribution in [2.75, 3.05) is 12.9 Å². The largest absolute Gasteiger partial charge is 0.480 e. The molecule has 0 bridgehead atoms. The van der Waals surface area contributed by atoms with Crippen molar-refractivity contribution in [3.05, 3.63) is 65.6 Å². The van der Waals surface area contributed by atoms with Crippen molar-refractivity contribution in [3.8, 4) is 22.4 Å². The molecule has 0 unspecified atom stereocenters. The van der Waals surface area contributed by atoms with Crippen LogP contribution in [0.5, 0.6) is 0 Å². The molecule has 0 spiro atoms. The Labute approximate surface area is 192 Å². The Morgan fingerprint density at radius 2 is 1.64 bits per heavy atom. The summed E-state index contributed by atoms with van der Waals surface area (Å²) in [5.74, 6) is -1.63. The van der Waals surface area contributed by atoms with Crippen molar-refractivity contribution in [2.24, 2.45) is 5.73 Å². The van der Waals surface area contributed by atoms with E-state index in [1.165, 1.54) is 24.3 Å². The molecule has 0 aliphatic rings. The van der Waals surface area contributed by atoms with Crippen LogP contribution in [0, 0.1) is 12.7 Å². The molecule has 0 aliphatic carbocycles. The Hall–Kier alpha value is -3.01. The van der Waals surface area contributed by atoms with Gasteiger partial charge >= 0.3 is 5.97 Å². The van der Waals surface area contributed by atoms with E-state index in [-0.39, 0.29) is 17.9 Å². The van der Waals surface area contributed by atoms with Gasteiger partial charge in [0.25, 0.3) is 0 Å². The lowest BCUT2D eigenvalue weighted by Gasteiger charge is -2.27. The zero-order chi connectivity index (χ0) is 24.4. The standard InChI is InChI=1S/C24H27FN2O5S/c1-15-21(24(26,23(29)30)13-3-4-14-28)20(16-7-11-19(12-8-16)33(2,31)32)22(27-15)17-5-9-18(25)10-6-17/h5-12,27-28H,3-4,13-14,26H2,1-2H3,(H,29,30)/t24-/m1/s1. The smallest absolute Gasteiger partial charge is 0.328 e. The van der Waals surface area contributed by atoms with Gasteiger partial charge in [0, 0.05) is 29.7 Å². The van der Waals surface area contributed by atoms with Crippen LogP contribution in [0.1, 0.15) is 30.5 Å². The highest BCUT2D eigenvalue weighted by Crippen LogP contribution is 2.43. The lowest BCUT2D eigenvalue weighted by atomic mass is 9.81. The number of benzene rings is 2. The summed E-state index contributed by atoms with van der Waals surface area (Å²) in [5.41, 5.74) is 7.87. The number of aromatic nitrogens is 1. The Kier molecular flexibility index (Phi) is 7.06. The highest BCUT2D eigenvalue weighted by molar-refractivity contribution is 7.90. The van der Waals surface area contributed by atoms with Crippen molar-refractivity contribution in [2.45, 2.75) is 36.6 Å². The van der Waals surface area contributed by atoms with Gasteiger partial charge in [-0.05, 0) is 73.7 Å². The van der Waals surface area contributed by atoms with E-state index >= 15 is 0 Å². The molecule has 0 saturated carbocycles. The fraction of sp³-hybridized carbons (Fsp3) is 0.292. The van der Waals surface area contributed by atoms with E-state index in [1.807, 2.05) is 0 Å².